The zero-order valence-corrected chi connectivity index (χ0v) is 14.4. The molecule has 0 bridgehead atoms. The Kier molecular flexibility index (Phi) is 7.43. The molecule has 5 atom stereocenters. The molecule has 0 radical (unpaired) electrons. The van der Waals surface area contributed by atoms with E-state index in [9.17, 15) is 19.2 Å². The van der Waals surface area contributed by atoms with Gasteiger partial charge in [0.15, 0.2) is 12.2 Å². The first kappa shape index (κ1) is 20.2. The van der Waals surface area contributed by atoms with Crippen LogP contribution >= 0.6 is 11.6 Å². The van der Waals surface area contributed by atoms with E-state index in [2.05, 4.69) is 0 Å². The van der Waals surface area contributed by atoms with Gasteiger partial charge in [-0.05, 0) is 0 Å². The Balaban J connectivity index is 3.23. The van der Waals surface area contributed by atoms with Crippen molar-refractivity contribution in [1.29, 1.82) is 0 Å². The second kappa shape index (κ2) is 8.84. The SMILES string of the molecule is CC(=O)O[C@H]1O[C@H](CCl)[C@@H](OC(C)=O)[C@@H](OC(C)=O)[C@@H]1OC(C)=O. The van der Waals surface area contributed by atoms with Gasteiger partial charge in [-0.3, -0.25) is 19.2 Å². The van der Waals surface area contributed by atoms with Crippen molar-refractivity contribution >= 4 is 35.5 Å². The molecule has 0 aliphatic carbocycles. The molecule has 0 unspecified atom stereocenters. The summed E-state index contributed by atoms with van der Waals surface area (Å²) in [6, 6.07) is 0. The van der Waals surface area contributed by atoms with Crippen molar-refractivity contribution in [2.45, 2.75) is 58.4 Å². The lowest BCUT2D eigenvalue weighted by atomic mass is 9.98. The first-order chi connectivity index (χ1) is 11.1. The van der Waals surface area contributed by atoms with Gasteiger partial charge in [0.25, 0.3) is 0 Å². The van der Waals surface area contributed by atoms with Crippen molar-refractivity contribution in [3.05, 3.63) is 0 Å². The average Bonchev–Trinajstić information content (AvgIpc) is 2.42. The van der Waals surface area contributed by atoms with Gasteiger partial charge in [-0.15, -0.1) is 11.6 Å². The van der Waals surface area contributed by atoms with Gasteiger partial charge in [0.05, 0.1) is 5.88 Å². The summed E-state index contributed by atoms with van der Waals surface area (Å²) >= 11 is 5.81. The predicted octanol–water partition coefficient (Wildman–Crippen LogP) is 0.308. The lowest BCUT2D eigenvalue weighted by Crippen LogP contribution is -2.62. The van der Waals surface area contributed by atoms with Crippen LogP contribution in [-0.2, 0) is 42.9 Å². The van der Waals surface area contributed by atoms with Gasteiger partial charge >= 0.3 is 23.9 Å². The standard InChI is InChI=1S/C14H19ClO9/c1-6(16)20-11-10(5-15)24-14(23-9(4)19)13(22-8(3)18)12(11)21-7(2)17/h10-14H,5H2,1-4H3/t10-,11-,12-,13+,14+/m1/s1. The zero-order valence-electron chi connectivity index (χ0n) is 13.6. The van der Waals surface area contributed by atoms with Gasteiger partial charge in [0.2, 0.25) is 12.4 Å². The normalized spacial score (nSPS) is 29.3. The second-order valence-corrected chi connectivity index (χ2v) is 5.34. The van der Waals surface area contributed by atoms with E-state index in [0.29, 0.717) is 0 Å². The van der Waals surface area contributed by atoms with Crippen LogP contribution in [-0.4, -0.2) is 60.5 Å². The van der Waals surface area contributed by atoms with Crippen molar-refractivity contribution in [3.8, 4) is 0 Å². The highest BCUT2D eigenvalue weighted by molar-refractivity contribution is 6.18. The van der Waals surface area contributed by atoms with E-state index in [1.54, 1.807) is 0 Å². The van der Waals surface area contributed by atoms with Crippen molar-refractivity contribution < 1.29 is 42.9 Å². The molecule has 10 heteroatoms. The molecule has 0 saturated carbocycles. The molecule has 1 aliphatic rings. The molecule has 1 aliphatic heterocycles. The molecule has 136 valence electrons. The van der Waals surface area contributed by atoms with Crippen LogP contribution in [0.15, 0.2) is 0 Å². The summed E-state index contributed by atoms with van der Waals surface area (Å²) in [7, 11) is 0. The van der Waals surface area contributed by atoms with Gasteiger partial charge in [-0.25, -0.2) is 0 Å². The van der Waals surface area contributed by atoms with Crippen molar-refractivity contribution in [3.63, 3.8) is 0 Å². The van der Waals surface area contributed by atoms with E-state index in [1.165, 1.54) is 0 Å². The van der Waals surface area contributed by atoms with Crippen LogP contribution in [0.2, 0.25) is 0 Å². The molecule has 24 heavy (non-hydrogen) atoms. The number of hydrogen-bond acceptors (Lipinski definition) is 9. The van der Waals surface area contributed by atoms with Gasteiger partial charge in [-0.2, -0.15) is 0 Å². The third-order valence-electron chi connectivity index (χ3n) is 2.93. The number of esters is 4. The third kappa shape index (κ3) is 5.64. The van der Waals surface area contributed by atoms with E-state index in [0.717, 1.165) is 27.7 Å². The fourth-order valence-electron chi connectivity index (χ4n) is 2.24. The molecule has 0 aromatic carbocycles. The molecule has 1 heterocycles. The van der Waals surface area contributed by atoms with Crippen molar-refractivity contribution in [1.82, 2.24) is 0 Å². The minimum Gasteiger partial charge on any atom is -0.456 e. The number of halogens is 1. The highest BCUT2D eigenvalue weighted by atomic mass is 35.5. The van der Waals surface area contributed by atoms with Gasteiger partial charge in [-0.1, -0.05) is 0 Å². The predicted molar refractivity (Wildman–Crippen MR) is 77.8 cm³/mol. The summed E-state index contributed by atoms with van der Waals surface area (Å²) in [5, 5.41) is 0. The van der Waals surface area contributed by atoms with Crippen LogP contribution in [0.4, 0.5) is 0 Å². The summed E-state index contributed by atoms with van der Waals surface area (Å²) in [6.07, 6.45) is -6.03. The second-order valence-electron chi connectivity index (χ2n) is 5.03. The summed E-state index contributed by atoms with van der Waals surface area (Å²) < 4.78 is 25.8. The highest BCUT2D eigenvalue weighted by Crippen LogP contribution is 2.30. The maximum absolute atomic E-state index is 11.4. The number of ether oxygens (including phenoxy) is 5. The number of rotatable bonds is 5. The Morgan fingerprint density at radius 3 is 1.58 bits per heavy atom. The molecule has 1 saturated heterocycles. The molecular weight excluding hydrogens is 348 g/mol. The van der Waals surface area contributed by atoms with Crippen molar-refractivity contribution in [2.24, 2.45) is 0 Å². The lowest BCUT2D eigenvalue weighted by molar-refractivity contribution is -0.292. The van der Waals surface area contributed by atoms with Crippen LogP contribution in [0.5, 0.6) is 0 Å². The third-order valence-corrected chi connectivity index (χ3v) is 3.24. The van der Waals surface area contributed by atoms with Gasteiger partial charge in [0, 0.05) is 27.7 Å². The summed E-state index contributed by atoms with van der Waals surface area (Å²) in [5.41, 5.74) is 0. The summed E-state index contributed by atoms with van der Waals surface area (Å²) in [4.78, 5) is 45.4. The number of alkyl halides is 1. The van der Waals surface area contributed by atoms with E-state index in [1.807, 2.05) is 0 Å². The number of carbonyl (C=O) groups excluding carboxylic acids is 4. The monoisotopic (exact) mass is 366 g/mol. The Hall–Kier alpha value is -1.87. The van der Waals surface area contributed by atoms with Crippen LogP contribution in [0.25, 0.3) is 0 Å². The highest BCUT2D eigenvalue weighted by Gasteiger charge is 2.52. The van der Waals surface area contributed by atoms with E-state index in [-0.39, 0.29) is 5.88 Å². The Morgan fingerprint density at radius 2 is 1.17 bits per heavy atom. The number of hydrogen-bond donors (Lipinski definition) is 0. The molecule has 0 spiro atoms. The lowest BCUT2D eigenvalue weighted by Gasteiger charge is -2.43. The quantitative estimate of drug-likeness (QED) is 0.385. The minimum absolute atomic E-state index is 0.153. The topological polar surface area (TPSA) is 114 Å². The van der Waals surface area contributed by atoms with Crippen LogP contribution < -0.4 is 0 Å². The fourth-order valence-corrected chi connectivity index (χ4v) is 2.49. The summed E-state index contributed by atoms with van der Waals surface area (Å²) in [5.74, 6) is -2.99. The van der Waals surface area contributed by atoms with Gasteiger partial charge < -0.3 is 23.7 Å². The maximum Gasteiger partial charge on any atom is 0.305 e. The molecular formula is C14H19ClO9. The van der Waals surface area contributed by atoms with Crippen LogP contribution in [0.1, 0.15) is 27.7 Å². The Morgan fingerprint density at radius 1 is 0.750 bits per heavy atom. The fraction of sp³-hybridized carbons (Fsp3) is 0.714. The molecule has 0 N–H and O–H groups in total. The molecule has 9 nitrogen and oxygen atoms in total. The smallest absolute Gasteiger partial charge is 0.305 e. The largest absolute Gasteiger partial charge is 0.456 e. The Bertz CT molecular complexity index is 506. The van der Waals surface area contributed by atoms with Crippen LogP contribution in [0, 0.1) is 0 Å². The molecule has 0 aromatic heterocycles. The maximum atomic E-state index is 11.4. The molecule has 0 amide bonds. The number of carbonyl (C=O) groups is 4. The first-order valence-electron chi connectivity index (χ1n) is 7.06. The molecule has 0 aromatic rings. The first-order valence-corrected chi connectivity index (χ1v) is 7.59. The van der Waals surface area contributed by atoms with Crippen molar-refractivity contribution in [2.75, 3.05) is 5.88 Å². The van der Waals surface area contributed by atoms with Gasteiger partial charge in [0.1, 0.15) is 6.10 Å². The van der Waals surface area contributed by atoms with E-state index < -0.39 is 54.6 Å². The zero-order chi connectivity index (χ0) is 18.4. The molecule has 1 rings (SSSR count). The Labute approximate surface area is 143 Å². The average molecular weight is 367 g/mol. The van der Waals surface area contributed by atoms with Crippen LogP contribution in [0.3, 0.4) is 0 Å². The van der Waals surface area contributed by atoms with E-state index >= 15 is 0 Å². The summed E-state index contributed by atoms with van der Waals surface area (Å²) in [6.45, 7) is 4.52. The minimum atomic E-state index is -1.37. The van der Waals surface area contributed by atoms with E-state index in [4.69, 9.17) is 35.3 Å². The molecule has 1 fully saturated rings.